The lowest BCUT2D eigenvalue weighted by molar-refractivity contribution is -0.139. The van der Waals surface area contributed by atoms with Crippen molar-refractivity contribution in [3.63, 3.8) is 0 Å². The van der Waals surface area contributed by atoms with E-state index in [9.17, 15) is 4.79 Å². The molecule has 3 N–H and O–H groups in total. The van der Waals surface area contributed by atoms with Crippen LogP contribution in [0.25, 0.3) is 0 Å². The molecular formula is C7H7N3O2. The summed E-state index contributed by atoms with van der Waals surface area (Å²) in [5, 5.41) is 8.74. The molecule has 2 rings (SSSR count). The maximum atomic E-state index is 10.6. The normalized spacial score (nSPS) is 19.8. The van der Waals surface area contributed by atoms with Crippen molar-refractivity contribution in [2.75, 3.05) is 5.43 Å². The minimum atomic E-state index is -0.896. The van der Waals surface area contributed by atoms with Crippen molar-refractivity contribution in [3.8, 4) is 0 Å². The van der Waals surface area contributed by atoms with Gasteiger partial charge in [-0.05, 0) is 6.07 Å². The molecule has 2 heterocycles. The van der Waals surface area contributed by atoms with Gasteiger partial charge in [0.05, 0.1) is 11.9 Å². The lowest BCUT2D eigenvalue weighted by Gasteiger charge is -2.02. The zero-order valence-electron chi connectivity index (χ0n) is 6.11. The van der Waals surface area contributed by atoms with Gasteiger partial charge in [-0.2, -0.15) is 0 Å². The maximum absolute atomic E-state index is 10.6. The van der Waals surface area contributed by atoms with E-state index in [2.05, 4.69) is 15.8 Å². The van der Waals surface area contributed by atoms with Crippen LogP contribution in [0, 0.1) is 0 Å². The van der Waals surface area contributed by atoms with Gasteiger partial charge >= 0.3 is 5.97 Å². The van der Waals surface area contributed by atoms with Crippen molar-refractivity contribution in [2.24, 2.45) is 0 Å². The highest BCUT2D eigenvalue weighted by molar-refractivity contribution is 5.80. The molecule has 1 unspecified atom stereocenters. The number of aliphatic carboxylic acids is 1. The third-order valence-corrected chi connectivity index (χ3v) is 1.76. The van der Waals surface area contributed by atoms with Crippen molar-refractivity contribution in [1.29, 1.82) is 0 Å². The standard InChI is InChI=1S/C7H7N3O2/c11-7(12)6-4-1-2-8-3-5(4)9-10-6/h1-3,6,9-10H,(H,11,12). The van der Waals surface area contributed by atoms with Gasteiger partial charge in [-0.3, -0.25) is 9.78 Å². The number of hydrogen-bond acceptors (Lipinski definition) is 4. The van der Waals surface area contributed by atoms with E-state index in [1.54, 1.807) is 18.5 Å². The Morgan fingerprint density at radius 1 is 1.67 bits per heavy atom. The Morgan fingerprint density at radius 3 is 3.25 bits per heavy atom. The molecule has 0 aliphatic carbocycles. The molecule has 0 aromatic carbocycles. The van der Waals surface area contributed by atoms with E-state index in [4.69, 9.17) is 5.11 Å². The van der Waals surface area contributed by atoms with Crippen LogP contribution in [-0.4, -0.2) is 16.1 Å². The predicted octanol–water partition coefficient (Wildman–Crippen LogP) is 0.137. The van der Waals surface area contributed by atoms with E-state index < -0.39 is 12.0 Å². The van der Waals surface area contributed by atoms with Crippen LogP contribution >= 0.6 is 0 Å². The molecule has 12 heavy (non-hydrogen) atoms. The van der Waals surface area contributed by atoms with Crippen LogP contribution < -0.4 is 10.9 Å². The highest BCUT2D eigenvalue weighted by Gasteiger charge is 2.27. The molecule has 5 heteroatoms. The molecular weight excluding hydrogens is 158 g/mol. The number of fused-ring (bicyclic) bond motifs is 1. The molecule has 5 nitrogen and oxygen atoms in total. The summed E-state index contributed by atoms with van der Waals surface area (Å²) in [4.78, 5) is 14.5. The van der Waals surface area contributed by atoms with Gasteiger partial charge in [0.2, 0.25) is 0 Å². The minimum Gasteiger partial charge on any atom is -0.480 e. The average molecular weight is 165 g/mol. The number of hydrazine groups is 1. The van der Waals surface area contributed by atoms with Gasteiger partial charge in [0, 0.05) is 11.8 Å². The zero-order valence-corrected chi connectivity index (χ0v) is 6.11. The number of nitrogens with zero attached hydrogens (tertiary/aromatic N) is 1. The number of nitrogens with one attached hydrogen (secondary N) is 2. The van der Waals surface area contributed by atoms with Gasteiger partial charge in [-0.1, -0.05) is 0 Å². The summed E-state index contributed by atoms with van der Waals surface area (Å²) in [5.74, 6) is -0.896. The van der Waals surface area contributed by atoms with Gasteiger partial charge in [0.15, 0.2) is 6.04 Å². The fourth-order valence-corrected chi connectivity index (χ4v) is 1.18. The molecule has 0 amide bonds. The second-order valence-electron chi connectivity index (χ2n) is 2.50. The molecule has 62 valence electrons. The number of hydrogen-bond donors (Lipinski definition) is 3. The first-order valence-corrected chi connectivity index (χ1v) is 3.47. The Balaban J connectivity index is 2.42. The van der Waals surface area contributed by atoms with Crippen molar-refractivity contribution in [2.45, 2.75) is 6.04 Å². The van der Waals surface area contributed by atoms with E-state index in [1.165, 1.54) is 0 Å². The van der Waals surface area contributed by atoms with Crippen molar-refractivity contribution in [3.05, 3.63) is 24.0 Å². The summed E-state index contributed by atoms with van der Waals surface area (Å²) < 4.78 is 0. The molecule has 0 fully saturated rings. The number of carbonyl (C=O) groups is 1. The Hall–Kier alpha value is -1.62. The van der Waals surface area contributed by atoms with Crippen LogP contribution in [0.5, 0.6) is 0 Å². The maximum Gasteiger partial charge on any atom is 0.327 e. The van der Waals surface area contributed by atoms with Gasteiger partial charge in [0.1, 0.15) is 0 Å². The Kier molecular flexibility index (Phi) is 1.44. The summed E-state index contributed by atoms with van der Waals surface area (Å²) in [6.07, 6.45) is 3.16. The van der Waals surface area contributed by atoms with E-state index in [0.29, 0.717) is 0 Å². The number of carboxylic acid groups (broad SMARTS) is 1. The summed E-state index contributed by atoms with van der Waals surface area (Å²) in [6, 6.07) is 1.02. The third-order valence-electron chi connectivity index (χ3n) is 1.76. The number of pyridine rings is 1. The van der Waals surface area contributed by atoms with Gasteiger partial charge in [-0.25, -0.2) is 5.43 Å². The lowest BCUT2D eigenvalue weighted by atomic mass is 10.1. The molecule has 0 spiro atoms. The summed E-state index contributed by atoms with van der Waals surface area (Å²) in [6.45, 7) is 0. The van der Waals surface area contributed by atoms with E-state index in [-0.39, 0.29) is 0 Å². The molecule has 1 aliphatic rings. The van der Waals surface area contributed by atoms with Crippen LogP contribution in [-0.2, 0) is 4.79 Å². The van der Waals surface area contributed by atoms with Gasteiger partial charge in [0.25, 0.3) is 0 Å². The average Bonchev–Trinajstić information content (AvgIpc) is 2.47. The Labute approximate surface area is 68.4 Å². The number of rotatable bonds is 1. The van der Waals surface area contributed by atoms with Crippen molar-refractivity contribution < 1.29 is 9.90 Å². The smallest absolute Gasteiger partial charge is 0.327 e. The molecule has 0 bridgehead atoms. The van der Waals surface area contributed by atoms with E-state index in [1.807, 2.05) is 0 Å². The summed E-state index contributed by atoms with van der Waals surface area (Å²) in [5.41, 5.74) is 6.82. The van der Waals surface area contributed by atoms with Crippen LogP contribution in [0.2, 0.25) is 0 Å². The molecule has 1 aromatic heterocycles. The quantitative estimate of drug-likeness (QED) is 0.551. The lowest BCUT2D eigenvalue weighted by Crippen LogP contribution is -2.25. The largest absolute Gasteiger partial charge is 0.480 e. The fourth-order valence-electron chi connectivity index (χ4n) is 1.18. The highest BCUT2D eigenvalue weighted by atomic mass is 16.4. The Morgan fingerprint density at radius 2 is 2.50 bits per heavy atom. The van der Waals surface area contributed by atoms with Crippen LogP contribution in [0.15, 0.2) is 18.5 Å². The first kappa shape index (κ1) is 7.05. The van der Waals surface area contributed by atoms with Crippen LogP contribution in [0.1, 0.15) is 11.6 Å². The molecule has 0 radical (unpaired) electrons. The monoisotopic (exact) mass is 165 g/mol. The van der Waals surface area contributed by atoms with Crippen molar-refractivity contribution in [1.82, 2.24) is 10.4 Å². The molecule has 0 saturated heterocycles. The second-order valence-corrected chi connectivity index (χ2v) is 2.50. The number of anilines is 1. The van der Waals surface area contributed by atoms with E-state index in [0.717, 1.165) is 11.3 Å². The summed E-state index contributed by atoms with van der Waals surface area (Å²) >= 11 is 0. The zero-order chi connectivity index (χ0) is 8.55. The highest BCUT2D eigenvalue weighted by Crippen LogP contribution is 2.26. The fraction of sp³-hybridized carbons (Fsp3) is 0.143. The van der Waals surface area contributed by atoms with Gasteiger partial charge < -0.3 is 10.5 Å². The number of carboxylic acids is 1. The first-order chi connectivity index (χ1) is 5.79. The minimum absolute atomic E-state index is 0.664. The van der Waals surface area contributed by atoms with Gasteiger partial charge in [-0.15, -0.1) is 0 Å². The summed E-state index contributed by atoms with van der Waals surface area (Å²) in [7, 11) is 0. The van der Waals surface area contributed by atoms with Crippen LogP contribution in [0.3, 0.4) is 0 Å². The topological polar surface area (TPSA) is 74.2 Å². The Bertz CT molecular complexity index is 326. The van der Waals surface area contributed by atoms with E-state index >= 15 is 0 Å². The molecule has 1 aromatic rings. The molecule has 1 aliphatic heterocycles. The SMILES string of the molecule is O=C(O)C1NNc2cnccc21. The third kappa shape index (κ3) is 0.911. The van der Waals surface area contributed by atoms with Crippen molar-refractivity contribution >= 4 is 11.7 Å². The first-order valence-electron chi connectivity index (χ1n) is 3.47. The second kappa shape index (κ2) is 2.46. The molecule has 1 atom stereocenters. The molecule has 0 saturated carbocycles. The van der Waals surface area contributed by atoms with Crippen LogP contribution in [0.4, 0.5) is 5.69 Å². The number of aromatic nitrogens is 1. The predicted molar refractivity (Wildman–Crippen MR) is 41.4 cm³/mol.